The fraction of sp³-hybridized carbons (Fsp3) is 0.661. The number of phosphoric ester groups is 1. The third kappa shape index (κ3) is 52.0. The average Bonchev–Trinajstić information content (AvgIpc) is 3.27. The highest BCUT2D eigenvalue weighted by Crippen LogP contribution is 2.43. The SMILES string of the molecule is CC/C=C\C/C=C\C/C=C\C/C=C\C/C=C\CCCCCCCCCCOCC(COP(=O)(O)OCC[N+](C)(C)C)OC(=O)CCCCCCCC/C=C\C/C=C\C/C=C\C/C=C\CC. The molecule has 0 spiro atoms. The smallest absolute Gasteiger partial charge is 0.457 e. The third-order valence-corrected chi connectivity index (χ3v) is 11.3. The number of ether oxygens (including phenoxy) is 2. The Morgan fingerprint density at radius 3 is 1.26 bits per heavy atom. The van der Waals surface area contributed by atoms with Gasteiger partial charge in [0, 0.05) is 13.0 Å². The van der Waals surface area contributed by atoms with Crippen LogP contribution in [0.25, 0.3) is 0 Å². The van der Waals surface area contributed by atoms with Crippen molar-refractivity contribution in [1.82, 2.24) is 0 Å². The Bertz CT molecular complexity index is 1400. The third-order valence-electron chi connectivity index (χ3n) is 10.3. The number of esters is 1. The van der Waals surface area contributed by atoms with Crippen molar-refractivity contribution >= 4 is 13.8 Å². The van der Waals surface area contributed by atoms with E-state index in [2.05, 4.69) is 123 Å². The topological polar surface area (TPSA) is 91.3 Å². The molecule has 8 nitrogen and oxygen atoms in total. The second-order valence-electron chi connectivity index (χ2n) is 17.8. The number of phosphoric acid groups is 1. The molecule has 0 heterocycles. The minimum atomic E-state index is -4.30. The summed E-state index contributed by atoms with van der Waals surface area (Å²) in [5.41, 5.74) is 0. The predicted octanol–water partition coefficient (Wildman–Crippen LogP) is 15.9. The quantitative estimate of drug-likeness (QED) is 0.0214. The first-order valence-electron chi connectivity index (χ1n) is 25.6. The van der Waals surface area contributed by atoms with Gasteiger partial charge in [-0.15, -0.1) is 0 Å². The molecule has 0 amide bonds. The zero-order valence-electron chi connectivity index (χ0n) is 42.2. The highest BCUT2D eigenvalue weighted by atomic mass is 31.2. The van der Waals surface area contributed by atoms with E-state index in [1.807, 2.05) is 21.1 Å². The lowest BCUT2D eigenvalue weighted by atomic mass is 10.1. The van der Waals surface area contributed by atoms with E-state index < -0.39 is 13.9 Å². The van der Waals surface area contributed by atoms with Crippen molar-refractivity contribution in [1.29, 1.82) is 0 Å². The van der Waals surface area contributed by atoms with Crippen LogP contribution in [0.2, 0.25) is 0 Å². The van der Waals surface area contributed by atoms with Crippen LogP contribution >= 0.6 is 7.82 Å². The van der Waals surface area contributed by atoms with E-state index in [0.29, 0.717) is 24.1 Å². The van der Waals surface area contributed by atoms with Crippen LogP contribution in [-0.2, 0) is 27.9 Å². The summed E-state index contributed by atoms with van der Waals surface area (Å²) in [6.07, 6.45) is 67.0. The van der Waals surface area contributed by atoms with E-state index in [4.69, 9.17) is 18.5 Å². The molecule has 0 radical (unpaired) electrons. The van der Waals surface area contributed by atoms with Crippen LogP contribution in [0.1, 0.15) is 181 Å². The Balaban J connectivity index is 4.22. The average molecular weight is 927 g/mol. The Kier molecular flexibility index (Phi) is 45.6. The number of rotatable bonds is 46. The van der Waals surface area contributed by atoms with Crippen LogP contribution in [0.3, 0.4) is 0 Å². The van der Waals surface area contributed by atoms with Crippen molar-refractivity contribution in [2.24, 2.45) is 0 Å². The molecule has 0 rings (SSSR count). The maximum Gasteiger partial charge on any atom is 0.472 e. The van der Waals surface area contributed by atoms with E-state index in [1.54, 1.807) is 0 Å². The van der Waals surface area contributed by atoms with Gasteiger partial charge in [-0.3, -0.25) is 13.8 Å². The number of hydrogen-bond acceptors (Lipinski definition) is 6. The molecule has 65 heavy (non-hydrogen) atoms. The summed E-state index contributed by atoms with van der Waals surface area (Å²) in [6.45, 7) is 5.33. The lowest BCUT2D eigenvalue weighted by molar-refractivity contribution is -0.870. The number of allylic oxidation sites excluding steroid dienone is 18. The molecule has 0 aromatic heterocycles. The lowest BCUT2D eigenvalue weighted by Gasteiger charge is -2.24. The van der Waals surface area contributed by atoms with E-state index in [1.165, 1.54) is 51.4 Å². The maximum absolute atomic E-state index is 12.8. The lowest BCUT2D eigenvalue weighted by Crippen LogP contribution is -2.37. The summed E-state index contributed by atoms with van der Waals surface area (Å²) < 4.78 is 35.1. The summed E-state index contributed by atoms with van der Waals surface area (Å²) in [7, 11) is 1.63. The minimum Gasteiger partial charge on any atom is -0.457 e. The highest BCUT2D eigenvalue weighted by Gasteiger charge is 2.26. The fourth-order valence-corrected chi connectivity index (χ4v) is 7.19. The van der Waals surface area contributed by atoms with Crippen molar-refractivity contribution in [3.8, 4) is 0 Å². The van der Waals surface area contributed by atoms with Gasteiger partial charge in [0.15, 0.2) is 0 Å². The molecular weight excluding hydrogens is 830 g/mol. The van der Waals surface area contributed by atoms with Gasteiger partial charge in [0.1, 0.15) is 19.3 Å². The number of quaternary nitrogens is 1. The van der Waals surface area contributed by atoms with Crippen molar-refractivity contribution < 1.29 is 37.3 Å². The molecule has 1 N–H and O–H groups in total. The molecule has 0 aromatic rings. The van der Waals surface area contributed by atoms with Crippen LogP contribution in [0.15, 0.2) is 109 Å². The monoisotopic (exact) mass is 927 g/mol. The van der Waals surface area contributed by atoms with E-state index in [0.717, 1.165) is 109 Å². The minimum absolute atomic E-state index is 0.0772. The van der Waals surface area contributed by atoms with Crippen LogP contribution < -0.4 is 0 Å². The summed E-state index contributed by atoms with van der Waals surface area (Å²) in [6, 6.07) is 0. The highest BCUT2D eigenvalue weighted by molar-refractivity contribution is 7.47. The van der Waals surface area contributed by atoms with E-state index in [-0.39, 0.29) is 25.8 Å². The standard InChI is InChI=1S/C56H96NO7P/c1-6-8-10-12-14-16-18-20-22-24-26-27-28-29-30-32-34-36-38-40-42-44-46-48-51-61-53-55(54-63-65(59,60)62-52-50-57(3,4)5)64-56(58)49-47-45-43-41-39-37-35-33-31-25-23-21-19-17-15-13-11-9-7-2/h8-11,14-17,20-23,26-27,29-31,33,55H,6-7,12-13,18-19,24-25,28,32,34-54H2,1-5H3/p+1/b10-8-,11-9-,16-14-,17-15-,22-20-,23-21-,27-26-,30-29-,33-31-. The summed E-state index contributed by atoms with van der Waals surface area (Å²) >= 11 is 0. The normalized spacial score (nSPS) is 14.5. The summed E-state index contributed by atoms with van der Waals surface area (Å²) in [5, 5.41) is 0. The van der Waals surface area contributed by atoms with Gasteiger partial charge >= 0.3 is 13.8 Å². The van der Waals surface area contributed by atoms with Gasteiger partial charge in [-0.25, -0.2) is 4.57 Å². The fourth-order valence-electron chi connectivity index (χ4n) is 6.45. The summed E-state index contributed by atoms with van der Waals surface area (Å²) in [5.74, 6) is -0.335. The van der Waals surface area contributed by atoms with Crippen LogP contribution in [0.5, 0.6) is 0 Å². The van der Waals surface area contributed by atoms with Gasteiger partial charge in [-0.2, -0.15) is 0 Å². The van der Waals surface area contributed by atoms with Gasteiger partial charge in [0.05, 0.1) is 34.4 Å². The Labute approximate surface area is 400 Å². The molecule has 372 valence electrons. The number of unbranched alkanes of at least 4 members (excludes halogenated alkanes) is 14. The van der Waals surface area contributed by atoms with Crippen molar-refractivity contribution in [2.45, 2.75) is 187 Å². The molecule has 9 heteroatoms. The molecule has 2 unspecified atom stereocenters. The van der Waals surface area contributed by atoms with Gasteiger partial charge in [0.2, 0.25) is 0 Å². The predicted molar refractivity (Wildman–Crippen MR) is 279 cm³/mol. The van der Waals surface area contributed by atoms with Crippen molar-refractivity contribution in [2.75, 3.05) is 54.1 Å². The number of nitrogens with zero attached hydrogens (tertiary/aromatic N) is 1. The van der Waals surface area contributed by atoms with E-state index >= 15 is 0 Å². The zero-order valence-corrected chi connectivity index (χ0v) is 43.1. The van der Waals surface area contributed by atoms with E-state index in [9.17, 15) is 14.3 Å². The van der Waals surface area contributed by atoms with Crippen LogP contribution in [0, 0.1) is 0 Å². The van der Waals surface area contributed by atoms with Gasteiger partial charge in [-0.1, -0.05) is 187 Å². The number of carbonyl (C=O) groups is 1. The van der Waals surface area contributed by atoms with Crippen LogP contribution in [0.4, 0.5) is 0 Å². The second-order valence-corrected chi connectivity index (χ2v) is 19.2. The number of hydrogen-bond donors (Lipinski definition) is 1. The first-order valence-corrected chi connectivity index (χ1v) is 27.1. The zero-order chi connectivity index (χ0) is 47.6. The molecule has 0 fully saturated rings. The molecule has 0 aliphatic heterocycles. The first kappa shape index (κ1) is 62.2. The molecular formula is C56H97NO7P+. The largest absolute Gasteiger partial charge is 0.472 e. The Morgan fingerprint density at radius 1 is 0.477 bits per heavy atom. The summed E-state index contributed by atoms with van der Waals surface area (Å²) in [4.78, 5) is 23.0. The second kappa shape index (κ2) is 47.6. The number of likely N-dealkylation sites (N-methyl/N-ethyl adjacent to an activating group) is 1. The Hall–Kier alpha value is -2.84. The molecule has 0 saturated heterocycles. The van der Waals surface area contributed by atoms with Gasteiger partial charge < -0.3 is 18.9 Å². The molecule has 2 atom stereocenters. The van der Waals surface area contributed by atoms with Gasteiger partial charge in [-0.05, 0) is 96.3 Å². The maximum atomic E-state index is 12.8. The molecule has 0 aromatic carbocycles. The molecule has 0 aliphatic rings. The van der Waals surface area contributed by atoms with Crippen LogP contribution in [-0.4, -0.2) is 75.6 Å². The van der Waals surface area contributed by atoms with Crippen molar-refractivity contribution in [3.63, 3.8) is 0 Å². The number of carbonyl (C=O) groups excluding carboxylic acids is 1. The molecule has 0 bridgehead atoms. The molecule has 0 aliphatic carbocycles. The van der Waals surface area contributed by atoms with Gasteiger partial charge in [0.25, 0.3) is 0 Å². The Morgan fingerprint density at radius 2 is 0.846 bits per heavy atom. The van der Waals surface area contributed by atoms with Crippen molar-refractivity contribution in [3.05, 3.63) is 109 Å². The first-order chi connectivity index (χ1) is 31.6. The molecule has 0 saturated carbocycles.